The van der Waals surface area contributed by atoms with E-state index >= 15 is 0 Å². The zero-order valence-electron chi connectivity index (χ0n) is 19.6. The van der Waals surface area contributed by atoms with Crippen LogP contribution in [0.15, 0.2) is 40.0 Å². The third-order valence-corrected chi connectivity index (χ3v) is 5.00. The summed E-state index contributed by atoms with van der Waals surface area (Å²) in [5.41, 5.74) is 1.14. The highest BCUT2D eigenvalue weighted by molar-refractivity contribution is 9.11. The van der Waals surface area contributed by atoms with Crippen LogP contribution in [-0.4, -0.2) is 41.1 Å². The van der Waals surface area contributed by atoms with E-state index in [9.17, 15) is 4.79 Å². The number of allylic oxidation sites excluding steroid dienone is 3. The van der Waals surface area contributed by atoms with Gasteiger partial charge in [0.25, 0.3) is 0 Å². The molecule has 1 aliphatic heterocycles. The van der Waals surface area contributed by atoms with Gasteiger partial charge in [-0.2, -0.15) is 0 Å². The number of hydrogen-bond donors (Lipinski definition) is 1. The molecule has 1 aliphatic rings. The standard InChI is InChI=1S/C20H32BrN3O2.C3H8/c1-9-17(22-16(4)14(2)15(3)21)24-12-10-20(8,11-13-24)23-18(25)26-19(5,6)7;1-3-2/h9H,1,3,10-13H2,2,4-8H3,(H,23,25);3H2,1-2H3/b16-14+,22-17?;. The minimum absolute atomic E-state index is 0.282. The van der Waals surface area contributed by atoms with E-state index in [-0.39, 0.29) is 11.6 Å². The second kappa shape index (κ2) is 12.2. The number of amides is 1. The molecule has 1 heterocycles. The lowest BCUT2D eigenvalue weighted by Gasteiger charge is -2.40. The Morgan fingerprint density at radius 3 is 2.14 bits per heavy atom. The van der Waals surface area contributed by atoms with Gasteiger partial charge in [-0.05, 0) is 66.0 Å². The molecule has 5 nitrogen and oxygen atoms in total. The van der Waals surface area contributed by atoms with Crippen LogP contribution in [-0.2, 0) is 4.74 Å². The molecule has 1 saturated heterocycles. The maximum Gasteiger partial charge on any atom is 0.408 e. The van der Waals surface area contributed by atoms with E-state index < -0.39 is 5.60 Å². The number of alkyl carbamates (subject to hydrolysis) is 1. The molecule has 6 heteroatoms. The number of hydrogen-bond acceptors (Lipinski definition) is 3. The van der Waals surface area contributed by atoms with Crippen molar-refractivity contribution in [1.82, 2.24) is 10.2 Å². The lowest BCUT2D eigenvalue weighted by molar-refractivity contribution is 0.0427. The van der Waals surface area contributed by atoms with Gasteiger partial charge in [-0.1, -0.05) is 49.4 Å². The fourth-order valence-corrected chi connectivity index (χ4v) is 2.89. The SMILES string of the molecule is C=CC(=N/C(C)=C(\C)C(=C)Br)N1CCC(C)(NC(=O)OC(C)(C)C)CC1.CCC. The van der Waals surface area contributed by atoms with Gasteiger partial charge in [0.15, 0.2) is 0 Å². The predicted octanol–water partition coefficient (Wildman–Crippen LogP) is 6.57. The first-order chi connectivity index (χ1) is 13.3. The lowest BCUT2D eigenvalue weighted by Crippen LogP contribution is -2.55. The smallest absolute Gasteiger partial charge is 0.408 e. The predicted molar refractivity (Wildman–Crippen MR) is 129 cm³/mol. The van der Waals surface area contributed by atoms with Crippen molar-refractivity contribution in [2.75, 3.05) is 13.1 Å². The molecule has 29 heavy (non-hydrogen) atoms. The molecule has 0 atom stereocenters. The molecule has 0 radical (unpaired) electrons. The van der Waals surface area contributed by atoms with Crippen molar-refractivity contribution >= 4 is 27.9 Å². The van der Waals surface area contributed by atoms with E-state index in [1.54, 1.807) is 6.08 Å². The first-order valence-corrected chi connectivity index (χ1v) is 11.1. The van der Waals surface area contributed by atoms with Crippen molar-refractivity contribution in [2.45, 2.75) is 85.8 Å². The van der Waals surface area contributed by atoms with Crippen molar-refractivity contribution in [3.8, 4) is 0 Å². The molecule has 0 aromatic heterocycles. The number of aliphatic imine (C=N–C) groups is 1. The molecule has 0 aromatic rings. The number of nitrogens with zero attached hydrogens (tertiary/aromatic N) is 2. The first kappa shape index (κ1) is 27.4. The van der Waals surface area contributed by atoms with Crippen LogP contribution in [0.25, 0.3) is 0 Å². The molecule has 0 unspecified atom stereocenters. The maximum atomic E-state index is 12.1. The largest absolute Gasteiger partial charge is 0.444 e. The number of rotatable bonds is 4. The second-order valence-corrected chi connectivity index (χ2v) is 9.63. The van der Waals surface area contributed by atoms with Crippen molar-refractivity contribution < 1.29 is 9.53 Å². The highest BCUT2D eigenvalue weighted by Gasteiger charge is 2.33. The Bertz CT molecular complexity index is 637. The number of nitrogens with one attached hydrogen (secondary N) is 1. The minimum Gasteiger partial charge on any atom is -0.444 e. The first-order valence-electron chi connectivity index (χ1n) is 10.3. The summed E-state index contributed by atoms with van der Waals surface area (Å²) in [6, 6.07) is 0. The van der Waals surface area contributed by atoms with Crippen LogP contribution in [0.4, 0.5) is 4.79 Å². The molecule has 0 saturated carbocycles. The summed E-state index contributed by atoms with van der Waals surface area (Å²) in [5, 5.41) is 3.02. The summed E-state index contributed by atoms with van der Waals surface area (Å²) >= 11 is 3.39. The van der Waals surface area contributed by atoms with Gasteiger partial charge in [-0.25, -0.2) is 9.79 Å². The molecule has 0 bridgehead atoms. The fourth-order valence-electron chi connectivity index (χ4n) is 2.60. The van der Waals surface area contributed by atoms with E-state index in [4.69, 9.17) is 9.73 Å². The molecule has 1 amide bonds. The van der Waals surface area contributed by atoms with Crippen LogP contribution in [0.5, 0.6) is 0 Å². The van der Waals surface area contributed by atoms with Gasteiger partial charge in [-0.3, -0.25) is 0 Å². The molecule has 0 spiro atoms. The van der Waals surface area contributed by atoms with E-state index in [0.717, 1.165) is 47.5 Å². The number of piperidine rings is 1. The monoisotopic (exact) mass is 469 g/mol. The van der Waals surface area contributed by atoms with Crippen LogP contribution >= 0.6 is 15.9 Å². The van der Waals surface area contributed by atoms with Gasteiger partial charge >= 0.3 is 6.09 Å². The van der Waals surface area contributed by atoms with E-state index in [1.807, 2.05) is 34.6 Å². The summed E-state index contributed by atoms with van der Waals surface area (Å²) in [7, 11) is 0. The topological polar surface area (TPSA) is 53.9 Å². The van der Waals surface area contributed by atoms with Gasteiger partial charge in [-0.15, -0.1) is 0 Å². The Morgan fingerprint density at radius 2 is 1.76 bits per heavy atom. The Labute approximate surface area is 186 Å². The van der Waals surface area contributed by atoms with E-state index in [0.29, 0.717) is 0 Å². The fraction of sp³-hybridized carbons (Fsp3) is 0.652. The Kier molecular flexibility index (Phi) is 11.6. The molecular weight excluding hydrogens is 430 g/mol. The number of carbonyl (C=O) groups is 1. The van der Waals surface area contributed by atoms with Crippen LogP contribution < -0.4 is 5.32 Å². The summed E-state index contributed by atoms with van der Waals surface area (Å²) in [6.07, 6.45) is 4.28. The highest BCUT2D eigenvalue weighted by atomic mass is 79.9. The third kappa shape index (κ3) is 10.7. The van der Waals surface area contributed by atoms with Crippen LogP contribution in [0.1, 0.15) is 74.7 Å². The van der Waals surface area contributed by atoms with Crippen molar-refractivity contribution in [3.05, 3.63) is 35.0 Å². The molecule has 0 aromatic carbocycles. The second-order valence-electron chi connectivity index (χ2n) is 8.67. The molecule has 1 N–H and O–H groups in total. The van der Waals surface area contributed by atoms with Crippen molar-refractivity contribution in [1.29, 1.82) is 0 Å². The number of carbonyl (C=O) groups excluding carboxylic acids is 1. The van der Waals surface area contributed by atoms with Crippen LogP contribution in [0, 0.1) is 0 Å². The lowest BCUT2D eigenvalue weighted by atomic mass is 9.89. The number of ether oxygens (including phenoxy) is 1. The zero-order chi connectivity index (χ0) is 22.8. The third-order valence-electron chi connectivity index (χ3n) is 4.41. The van der Waals surface area contributed by atoms with Gasteiger partial charge in [0, 0.05) is 28.8 Å². The molecule has 166 valence electrons. The van der Waals surface area contributed by atoms with E-state index in [2.05, 4.69) is 60.1 Å². The highest BCUT2D eigenvalue weighted by Crippen LogP contribution is 2.24. The molecular formula is C23H40BrN3O2. The molecule has 1 fully saturated rings. The molecule has 1 rings (SSSR count). The number of likely N-dealkylation sites (tertiary alicyclic amines) is 1. The summed E-state index contributed by atoms with van der Waals surface area (Å²) in [6.45, 7) is 25.2. The van der Waals surface area contributed by atoms with Crippen molar-refractivity contribution in [2.24, 2.45) is 4.99 Å². The van der Waals surface area contributed by atoms with Gasteiger partial charge in [0.2, 0.25) is 0 Å². The summed E-state index contributed by atoms with van der Waals surface area (Å²) in [5.74, 6) is 0.843. The number of amidine groups is 1. The van der Waals surface area contributed by atoms with Crippen molar-refractivity contribution in [3.63, 3.8) is 0 Å². The maximum absolute atomic E-state index is 12.1. The van der Waals surface area contributed by atoms with Gasteiger partial charge < -0.3 is 15.0 Å². The quantitative estimate of drug-likeness (QED) is 0.287. The van der Waals surface area contributed by atoms with E-state index in [1.165, 1.54) is 6.42 Å². The van der Waals surface area contributed by atoms with Gasteiger partial charge in [0.05, 0.1) is 0 Å². The summed E-state index contributed by atoms with van der Waals surface area (Å²) < 4.78 is 6.21. The van der Waals surface area contributed by atoms with Gasteiger partial charge in [0.1, 0.15) is 11.4 Å². The zero-order valence-corrected chi connectivity index (χ0v) is 21.2. The van der Waals surface area contributed by atoms with Crippen LogP contribution in [0.3, 0.4) is 0 Å². The van der Waals surface area contributed by atoms with Crippen LogP contribution in [0.2, 0.25) is 0 Å². The minimum atomic E-state index is -0.495. The Balaban J connectivity index is 0.00000245. The average molecular weight is 470 g/mol. The normalized spacial score (nSPS) is 17.4. The number of halogens is 1. The Hall–Kier alpha value is -1.56. The molecule has 0 aliphatic carbocycles. The average Bonchev–Trinajstić information content (AvgIpc) is 2.58. The Morgan fingerprint density at radius 1 is 1.28 bits per heavy atom. The summed E-state index contributed by atoms with van der Waals surface area (Å²) in [4.78, 5) is 19.0.